The molecule has 2 aliphatic heterocycles. The number of rotatable bonds is 5. The maximum atomic E-state index is 12.8. The van der Waals surface area contributed by atoms with Crippen molar-refractivity contribution in [3.05, 3.63) is 23.2 Å². The lowest BCUT2D eigenvalue weighted by molar-refractivity contribution is -0.878. The van der Waals surface area contributed by atoms with Gasteiger partial charge in [-0.2, -0.15) is 4.31 Å². The monoisotopic (exact) mass is 386 g/mol. The number of sulfonamides is 1. The molecule has 2 N–H and O–H groups in total. The Morgan fingerprint density at radius 1 is 1.12 bits per heavy atom. The van der Waals surface area contributed by atoms with Crippen LogP contribution in [0.1, 0.15) is 32.1 Å². The molecule has 8 heteroatoms. The molecule has 25 heavy (non-hydrogen) atoms. The van der Waals surface area contributed by atoms with Gasteiger partial charge in [0.25, 0.3) is 5.91 Å². The minimum atomic E-state index is -3.63. The number of anilines is 1. The summed E-state index contributed by atoms with van der Waals surface area (Å²) in [5.74, 6) is -0.0967. The van der Waals surface area contributed by atoms with Crippen molar-refractivity contribution in [3.8, 4) is 0 Å². The van der Waals surface area contributed by atoms with Gasteiger partial charge in [0.05, 0.1) is 18.1 Å². The topological polar surface area (TPSA) is 70.9 Å². The second-order valence-electron chi connectivity index (χ2n) is 6.79. The number of quaternary nitrogens is 1. The van der Waals surface area contributed by atoms with Crippen molar-refractivity contribution in [2.45, 2.75) is 37.0 Å². The average Bonchev–Trinajstić information content (AvgIpc) is 3.10. The number of benzene rings is 1. The van der Waals surface area contributed by atoms with Gasteiger partial charge in [0.15, 0.2) is 6.54 Å². The van der Waals surface area contributed by atoms with Gasteiger partial charge in [0, 0.05) is 31.6 Å². The molecule has 138 valence electrons. The lowest BCUT2D eigenvalue weighted by Crippen LogP contribution is -3.11. The summed E-state index contributed by atoms with van der Waals surface area (Å²) in [4.78, 5) is 13.5. The quantitative estimate of drug-likeness (QED) is 0.797. The van der Waals surface area contributed by atoms with Gasteiger partial charge in [-0.15, -0.1) is 0 Å². The number of nitrogens with one attached hydrogen (secondary N) is 2. The van der Waals surface area contributed by atoms with Gasteiger partial charge in [-0.25, -0.2) is 8.42 Å². The fourth-order valence-electron chi connectivity index (χ4n) is 3.51. The van der Waals surface area contributed by atoms with E-state index in [0.29, 0.717) is 25.3 Å². The molecule has 0 radical (unpaired) electrons. The Labute approximate surface area is 154 Å². The third-order valence-electron chi connectivity index (χ3n) is 4.87. The van der Waals surface area contributed by atoms with Crippen LogP contribution in [0, 0.1) is 0 Å². The van der Waals surface area contributed by atoms with Crippen LogP contribution in [0.25, 0.3) is 0 Å². The summed E-state index contributed by atoms with van der Waals surface area (Å²) in [6.45, 7) is 3.49. The molecule has 1 aromatic rings. The number of likely N-dealkylation sites (tertiary alicyclic amines) is 1. The molecular formula is C17H25ClN3O3S+. The molecule has 0 unspecified atom stereocenters. The SMILES string of the molecule is O=C(C[NH+]1CCCC1)Nc1ccc(Cl)c(S(=O)(=O)N2CCCCC2)c1. The highest BCUT2D eigenvalue weighted by atomic mass is 35.5. The number of hydrogen-bond acceptors (Lipinski definition) is 3. The van der Waals surface area contributed by atoms with Crippen molar-refractivity contribution in [3.63, 3.8) is 0 Å². The van der Waals surface area contributed by atoms with Gasteiger partial charge in [-0.3, -0.25) is 4.79 Å². The summed E-state index contributed by atoms with van der Waals surface area (Å²) in [5, 5.41) is 3.00. The summed E-state index contributed by atoms with van der Waals surface area (Å²) in [6, 6.07) is 4.66. The number of hydrogen-bond donors (Lipinski definition) is 2. The fourth-order valence-corrected chi connectivity index (χ4v) is 5.52. The number of nitrogens with zero attached hydrogens (tertiary/aromatic N) is 1. The molecule has 2 heterocycles. The molecule has 0 spiro atoms. The second-order valence-corrected chi connectivity index (χ2v) is 9.11. The van der Waals surface area contributed by atoms with Crippen LogP contribution >= 0.6 is 11.6 Å². The Morgan fingerprint density at radius 3 is 2.48 bits per heavy atom. The molecule has 0 aliphatic carbocycles. The van der Waals surface area contributed by atoms with E-state index in [-0.39, 0.29) is 15.8 Å². The summed E-state index contributed by atoms with van der Waals surface area (Å²) in [7, 11) is -3.63. The van der Waals surface area contributed by atoms with Gasteiger partial charge >= 0.3 is 0 Å². The molecular weight excluding hydrogens is 362 g/mol. The standard InChI is InChI=1S/C17H24ClN3O3S/c18-15-7-6-14(19-17(22)13-20-8-4-5-9-20)12-16(15)25(23,24)21-10-2-1-3-11-21/h6-7,12H,1-5,8-11,13H2,(H,19,22)/p+1. The molecule has 1 amide bonds. The third-order valence-corrected chi connectivity index (χ3v) is 7.25. The first-order valence-electron chi connectivity index (χ1n) is 8.90. The van der Waals surface area contributed by atoms with E-state index in [2.05, 4.69) is 5.32 Å². The van der Waals surface area contributed by atoms with E-state index in [1.165, 1.54) is 21.3 Å². The molecule has 2 aliphatic rings. The fraction of sp³-hybridized carbons (Fsp3) is 0.588. The maximum Gasteiger partial charge on any atom is 0.279 e. The maximum absolute atomic E-state index is 12.8. The zero-order chi connectivity index (χ0) is 17.9. The summed E-state index contributed by atoms with van der Waals surface area (Å²) < 4.78 is 27.2. The molecule has 2 saturated heterocycles. The van der Waals surface area contributed by atoms with Crippen molar-refractivity contribution in [1.82, 2.24) is 4.31 Å². The highest BCUT2D eigenvalue weighted by molar-refractivity contribution is 7.89. The first-order valence-corrected chi connectivity index (χ1v) is 10.7. The molecule has 0 atom stereocenters. The Kier molecular flexibility index (Phi) is 5.99. The molecule has 0 saturated carbocycles. The predicted molar refractivity (Wildman–Crippen MR) is 97.5 cm³/mol. The number of halogens is 1. The summed E-state index contributed by atoms with van der Waals surface area (Å²) in [5.41, 5.74) is 0.476. The molecule has 0 bridgehead atoms. The van der Waals surface area contributed by atoms with E-state index in [1.54, 1.807) is 6.07 Å². The van der Waals surface area contributed by atoms with Gasteiger partial charge < -0.3 is 10.2 Å². The van der Waals surface area contributed by atoms with E-state index in [0.717, 1.165) is 45.2 Å². The zero-order valence-electron chi connectivity index (χ0n) is 14.3. The van der Waals surface area contributed by atoms with Crippen molar-refractivity contribution in [1.29, 1.82) is 0 Å². The van der Waals surface area contributed by atoms with Crippen LogP contribution in [0.3, 0.4) is 0 Å². The lowest BCUT2D eigenvalue weighted by atomic mass is 10.2. The first kappa shape index (κ1) is 18.6. The van der Waals surface area contributed by atoms with Crippen molar-refractivity contribution in [2.24, 2.45) is 0 Å². The average molecular weight is 387 g/mol. The molecule has 1 aromatic carbocycles. The molecule has 2 fully saturated rings. The van der Waals surface area contributed by atoms with Crippen molar-refractivity contribution in [2.75, 3.05) is 38.0 Å². The molecule has 6 nitrogen and oxygen atoms in total. The number of amides is 1. The number of piperidine rings is 1. The summed E-state index contributed by atoms with van der Waals surface area (Å²) in [6.07, 6.45) is 5.09. The van der Waals surface area contributed by atoms with Gasteiger partial charge in [-0.05, 0) is 31.0 Å². The van der Waals surface area contributed by atoms with Crippen LogP contribution in [0.5, 0.6) is 0 Å². The number of carbonyl (C=O) groups is 1. The largest absolute Gasteiger partial charge is 0.327 e. The van der Waals surface area contributed by atoms with Crippen LogP contribution in [-0.4, -0.2) is 51.4 Å². The molecule has 3 rings (SSSR count). The van der Waals surface area contributed by atoms with E-state index in [9.17, 15) is 13.2 Å². The van der Waals surface area contributed by atoms with Gasteiger partial charge in [0.2, 0.25) is 10.0 Å². The highest BCUT2D eigenvalue weighted by Crippen LogP contribution is 2.29. The Balaban J connectivity index is 1.74. The van der Waals surface area contributed by atoms with Gasteiger partial charge in [0.1, 0.15) is 4.90 Å². The second kappa shape index (κ2) is 8.03. The Morgan fingerprint density at radius 2 is 1.80 bits per heavy atom. The lowest BCUT2D eigenvalue weighted by Gasteiger charge is -2.26. The van der Waals surface area contributed by atoms with Crippen LogP contribution in [0.15, 0.2) is 23.1 Å². The van der Waals surface area contributed by atoms with Gasteiger partial charge in [-0.1, -0.05) is 18.0 Å². The van der Waals surface area contributed by atoms with Crippen molar-refractivity contribution < 1.29 is 18.1 Å². The van der Waals surface area contributed by atoms with Crippen LogP contribution in [0.4, 0.5) is 5.69 Å². The Hall–Kier alpha value is -1.15. The van der Waals surface area contributed by atoms with Crippen LogP contribution in [-0.2, 0) is 14.8 Å². The zero-order valence-corrected chi connectivity index (χ0v) is 15.8. The van der Waals surface area contributed by atoms with Crippen LogP contribution < -0.4 is 10.2 Å². The summed E-state index contributed by atoms with van der Waals surface area (Å²) >= 11 is 6.15. The smallest absolute Gasteiger partial charge is 0.279 e. The minimum Gasteiger partial charge on any atom is -0.327 e. The van der Waals surface area contributed by atoms with E-state index in [1.807, 2.05) is 0 Å². The molecule has 0 aromatic heterocycles. The Bertz CT molecular complexity index is 727. The predicted octanol–water partition coefficient (Wildman–Crippen LogP) is 1.13. The third kappa shape index (κ3) is 4.53. The first-order chi connectivity index (χ1) is 12.0. The highest BCUT2D eigenvalue weighted by Gasteiger charge is 2.28. The van der Waals surface area contributed by atoms with E-state index < -0.39 is 10.0 Å². The van der Waals surface area contributed by atoms with Crippen LogP contribution in [0.2, 0.25) is 5.02 Å². The van der Waals surface area contributed by atoms with Crippen molar-refractivity contribution >= 4 is 33.2 Å². The number of carbonyl (C=O) groups excluding carboxylic acids is 1. The normalized spacial score (nSPS) is 19.9. The van der Waals surface area contributed by atoms with E-state index in [4.69, 9.17) is 11.6 Å². The van der Waals surface area contributed by atoms with E-state index >= 15 is 0 Å². The minimum absolute atomic E-state index is 0.0717.